The molecule has 2 saturated heterocycles. The summed E-state index contributed by atoms with van der Waals surface area (Å²) >= 11 is 0. The summed E-state index contributed by atoms with van der Waals surface area (Å²) in [4.78, 5) is 13.4. The van der Waals surface area contributed by atoms with Crippen LogP contribution in [-0.4, -0.2) is 140 Å². The number of rotatable bonds is 62. The second-order valence-electron chi connectivity index (χ2n) is 26.4. The highest BCUT2D eigenvalue weighted by molar-refractivity contribution is 5.76. The van der Waals surface area contributed by atoms with E-state index in [0.29, 0.717) is 12.8 Å². The molecule has 0 aromatic carbocycles. The number of carbonyl (C=O) groups excluding carboxylic acids is 1. The molecule has 0 aromatic heterocycles. The van der Waals surface area contributed by atoms with Gasteiger partial charge in [0.15, 0.2) is 12.6 Å². The summed E-state index contributed by atoms with van der Waals surface area (Å²) < 4.78 is 22.8. The van der Waals surface area contributed by atoms with Gasteiger partial charge in [-0.3, -0.25) is 4.79 Å². The molecular formula is C85H139NO13. The molecule has 2 aliphatic rings. The Bertz CT molecular complexity index is 2320. The molecule has 9 N–H and O–H groups in total. The minimum Gasteiger partial charge on any atom is -0.394 e. The molecule has 0 aliphatic carbocycles. The molecule has 12 atom stereocenters. The Hall–Kier alpha value is -4.65. The van der Waals surface area contributed by atoms with Crippen molar-refractivity contribution >= 4 is 5.91 Å². The van der Waals surface area contributed by atoms with Crippen LogP contribution in [0.4, 0.5) is 0 Å². The van der Waals surface area contributed by atoms with Crippen molar-refractivity contribution in [2.75, 3.05) is 19.8 Å². The number of amides is 1. The van der Waals surface area contributed by atoms with Gasteiger partial charge in [0, 0.05) is 6.42 Å². The zero-order chi connectivity index (χ0) is 71.5. The molecule has 0 radical (unpaired) electrons. The van der Waals surface area contributed by atoms with Crippen molar-refractivity contribution in [1.82, 2.24) is 5.32 Å². The molecule has 0 aromatic rings. The predicted octanol–water partition coefficient (Wildman–Crippen LogP) is 17.5. The number of ether oxygens (including phenoxy) is 4. The maximum atomic E-state index is 13.4. The van der Waals surface area contributed by atoms with Crippen LogP contribution in [0.3, 0.4) is 0 Å². The normalized spacial score (nSPS) is 22.9. The molecule has 12 unspecified atom stereocenters. The third-order valence-electron chi connectivity index (χ3n) is 17.6. The summed E-state index contributed by atoms with van der Waals surface area (Å²) in [6.45, 7) is 2.65. The van der Waals surface area contributed by atoms with Crippen molar-refractivity contribution in [3.05, 3.63) is 170 Å². The van der Waals surface area contributed by atoms with Gasteiger partial charge in [-0.25, -0.2) is 0 Å². The second-order valence-corrected chi connectivity index (χ2v) is 26.4. The van der Waals surface area contributed by atoms with Crippen LogP contribution in [0.25, 0.3) is 0 Å². The topological polar surface area (TPSA) is 228 Å². The van der Waals surface area contributed by atoms with Gasteiger partial charge in [0.2, 0.25) is 5.91 Å². The number of hydrogen-bond donors (Lipinski definition) is 9. The van der Waals surface area contributed by atoms with E-state index in [1.54, 1.807) is 6.08 Å². The van der Waals surface area contributed by atoms with E-state index in [0.717, 1.165) is 128 Å². The summed E-state index contributed by atoms with van der Waals surface area (Å²) in [5, 5.41) is 87.6. The van der Waals surface area contributed by atoms with Crippen molar-refractivity contribution in [3.63, 3.8) is 0 Å². The smallest absolute Gasteiger partial charge is 0.220 e. The Labute approximate surface area is 600 Å². The monoisotopic (exact) mass is 1380 g/mol. The zero-order valence-electron chi connectivity index (χ0n) is 61.4. The molecule has 2 aliphatic heterocycles. The maximum absolute atomic E-state index is 13.4. The Balaban J connectivity index is 1.68. The molecule has 0 saturated carbocycles. The Kier molecular flexibility index (Phi) is 60.8. The Morgan fingerprint density at radius 3 is 1.11 bits per heavy atom. The van der Waals surface area contributed by atoms with Crippen molar-refractivity contribution in [1.29, 1.82) is 0 Å². The largest absolute Gasteiger partial charge is 0.394 e. The number of aliphatic hydroxyl groups is 8. The molecule has 2 rings (SSSR count). The van der Waals surface area contributed by atoms with Gasteiger partial charge in [0.05, 0.1) is 32.0 Å². The molecule has 2 fully saturated rings. The van der Waals surface area contributed by atoms with E-state index in [1.807, 2.05) is 6.08 Å². The number of allylic oxidation sites excluding steroid dienone is 27. The lowest BCUT2D eigenvalue weighted by atomic mass is 9.97. The van der Waals surface area contributed by atoms with Crippen LogP contribution < -0.4 is 5.32 Å². The number of hydrogen-bond acceptors (Lipinski definition) is 13. The summed E-state index contributed by atoms with van der Waals surface area (Å²) in [5.74, 6) is -0.278. The first kappa shape index (κ1) is 90.4. The van der Waals surface area contributed by atoms with E-state index in [1.165, 1.54) is 103 Å². The first-order chi connectivity index (χ1) is 48.6. The number of unbranched alkanes of at least 4 members (excludes halogenated alkanes) is 23. The fraction of sp³-hybridized carbons (Fsp3) is 0.659. The molecule has 14 nitrogen and oxygen atoms in total. The Morgan fingerprint density at radius 2 is 0.707 bits per heavy atom. The highest BCUT2D eigenvalue weighted by Gasteiger charge is 2.51. The van der Waals surface area contributed by atoms with E-state index in [-0.39, 0.29) is 18.9 Å². The minimum atomic E-state index is -1.80. The highest BCUT2D eigenvalue weighted by atomic mass is 16.7. The average molecular weight is 1380 g/mol. The SMILES string of the molecule is CC/C=C\C/C=C\C/C=C\C/C=C\C/C=C\C/C=C\C/C=C\C/C=C\C/C=C\C/C=C\C/C=C\CCCCCCCC(=O)NC(COC1OC(CO)C(OC2OC(CO)C(O)C(O)C2O)C(O)C1O)C(O)/C=C/CC/C=C/CC/C=C/CCCCCCCCCCCCCCCCCC. The number of aliphatic hydroxyl groups excluding tert-OH is 8. The summed E-state index contributed by atoms with van der Waals surface area (Å²) in [6.07, 6.45) is 87.0. The summed E-state index contributed by atoms with van der Waals surface area (Å²) in [6, 6.07) is -0.964. The molecular weight excluding hydrogens is 1240 g/mol. The van der Waals surface area contributed by atoms with Crippen LogP contribution in [0.5, 0.6) is 0 Å². The van der Waals surface area contributed by atoms with Crippen LogP contribution in [0.1, 0.15) is 264 Å². The van der Waals surface area contributed by atoms with E-state index < -0.39 is 86.8 Å². The molecule has 99 heavy (non-hydrogen) atoms. The third-order valence-corrected chi connectivity index (χ3v) is 17.6. The van der Waals surface area contributed by atoms with Gasteiger partial charge in [-0.1, -0.05) is 300 Å². The summed E-state index contributed by atoms with van der Waals surface area (Å²) in [7, 11) is 0. The highest BCUT2D eigenvalue weighted by Crippen LogP contribution is 2.30. The quantitative estimate of drug-likeness (QED) is 0.0204. The Morgan fingerprint density at radius 1 is 0.374 bits per heavy atom. The van der Waals surface area contributed by atoms with E-state index >= 15 is 0 Å². The standard InChI is InChI=1S/C85H139NO13/c1-3-5-7-9-11-13-15-17-19-21-23-25-27-29-31-32-33-34-35-36-37-38-39-40-41-42-43-45-47-49-51-53-55-57-59-61-63-65-67-69-77(90)86-73(72-96-84-82(95)80(93)83(76(71-88)98-84)99-85-81(94)79(92)78(91)75(70-87)97-85)74(89)68-66-64-62-60-58-56-54-52-50-48-46-44-30-28-26-24-22-20-18-16-14-12-10-8-6-4-2/h5,7,11,13,17,19,23,25,29,31,33-34,36-37,39-40,42-43,47,49-50,52-53,55,58,60,66,68,73-76,78-85,87-89,91-95H,3-4,6,8-10,12,14-16,18,20-22,24,26-28,30,32,35,38,41,44-46,48,51,54,56-57,59,61-65,67,69-72H2,1-2H3,(H,86,90)/b7-5-,13-11-,19-17-,25-23-,31-29-,34-33-,37-36-,40-39-,43-42-,49-47-,52-50+,55-53-,60-58+,68-66+. The molecule has 1 amide bonds. The predicted molar refractivity (Wildman–Crippen MR) is 410 cm³/mol. The fourth-order valence-corrected chi connectivity index (χ4v) is 11.5. The average Bonchev–Trinajstić information content (AvgIpc) is 0.794. The zero-order valence-corrected chi connectivity index (χ0v) is 61.4. The molecule has 2 heterocycles. The van der Waals surface area contributed by atoms with Gasteiger partial charge in [-0.15, -0.1) is 0 Å². The first-order valence-corrected chi connectivity index (χ1v) is 38.9. The van der Waals surface area contributed by atoms with E-state index in [4.69, 9.17) is 18.9 Å². The van der Waals surface area contributed by atoms with E-state index in [2.05, 4.69) is 177 Å². The van der Waals surface area contributed by atoms with Crippen LogP contribution in [0.2, 0.25) is 0 Å². The van der Waals surface area contributed by atoms with Crippen LogP contribution in [-0.2, 0) is 23.7 Å². The number of carbonyl (C=O) groups is 1. The molecule has 562 valence electrons. The first-order valence-electron chi connectivity index (χ1n) is 38.9. The maximum Gasteiger partial charge on any atom is 0.220 e. The van der Waals surface area contributed by atoms with Crippen molar-refractivity contribution in [2.45, 2.75) is 338 Å². The molecule has 0 bridgehead atoms. The van der Waals surface area contributed by atoms with Crippen LogP contribution >= 0.6 is 0 Å². The molecule has 0 spiro atoms. The van der Waals surface area contributed by atoms with Gasteiger partial charge in [0.1, 0.15) is 48.8 Å². The van der Waals surface area contributed by atoms with Crippen molar-refractivity contribution < 1.29 is 64.6 Å². The summed E-state index contributed by atoms with van der Waals surface area (Å²) in [5.41, 5.74) is 0. The fourth-order valence-electron chi connectivity index (χ4n) is 11.5. The second kappa shape index (κ2) is 66.6. The lowest BCUT2D eigenvalue weighted by Gasteiger charge is -2.46. The molecule has 14 heteroatoms. The van der Waals surface area contributed by atoms with Crippen LogP contribution in [0, 0.1) is 0 Å². The van der Waals surface area contributed by atoms with E-state index in [9.17, 15) is 45.6 Å². The van der Waals surface area contributed by atoms with Gasteiger partial charge in [0.25, 0.3) is 0 Å². The van der Waals surface area contributed by atoms with Gasteiger partial charge >= 0.3 is 0 Å². The van der Waals surface area contributed by atoms with Gasteiger partial charge in [-0.05, 0) is 128 Å². The van der Waals surface area contributed by atoms with Crippen molar-refractivity contribution in [2.24, 2.45) is 0 Å². The van der Waals surface area contributed by atoms with Crippen LogP contribution in [0.15, 0.2) is 170 Å². The van der Waals surface area contributed by atoms with Gasteiger partial charge in [-0.2, -0.15) is 0 Å². The number of nitrogens with one attached hydrogen (secondary N) is 1. The third kappa shape index (κ3) is 49.6. The van der Waals surface area contributed by atoms with Crippen molar-refractivity contribution in [3.8, 4) is 0 Å². The lowest BCUT2D eigenvalue weighted by Crippen LogP contribution is -2.65. The lowest BCUT2D eigenvalue weighted by molar-refractivity contribution is -0.359. The van der Waals surface area contributed by atoms with Gasteiger partial charge < -0.3 is 65.1 Å². The minimum absolute atomic E-state index is 0.236.